The van der Waals surface area contributed by atoms with Crippen molar-refractivity contribution in [2.75, 3.05) is 6.54 Å². The molecular weight excluding hydrogens is 172 g/mol. The van der Waals surface area contributed by atoms with Crippen molar-refractivity contribution >= 4 is 6.03 Å². The standard InChI is InChI=1S/C3H6N4O5/c4-3(8)5-1-2(6(9)10)7(11)12/h2H,1H2,(H3,4,5,8). The van der Waals surface area contributed by atoms with E-state index in [0.717, 1.165) is 0 Å². The summed E-state index contributed by atoms with van der Waals surface area (Å²) in [6.45, 7) is -0.713. The van der Waals surface area contributed by atoms with E-state index in [1.165, 1.54) is 0 Å². The molecule has 12 heavy (non-hydrogen) atoms. The number of hydrogen-bond acceptors (Lipinski definition) is 5. The van der Waals surface area contributed by atoms with Crippen LogP contribution in [0.2, 0.25) is 0 Å². The Bertz CT molecular complexity index is 201. The van der Waals surface area contributed by atoms with E-state index in [-0.39, 0.29) is 0 Å². The van der Waals surface area contributed by atoms with Crippen LogP contribution < -0.4 is 11.1 Å². The molecule has 0 spiro atoms. The van der Waals surface area contributed by atoms with Crippen LogP contribution in [0.5, 0.6) is 0 Å². The quantitative estimate of drug-likeness (QED) is 0.307. The van der Waals surface area contributed by atoms with E-state index >= 15 is 0 Å². The summed E-state index contributed by atoms with van der Waals surface area (Å²) in [6.07, 6.45) is -2.04. The molecule has 0 fully saturated rings. The van der Waals surface area contributed by atoms with Crippen LogP contribution >= 0.6 is 0 Å². The fraction of sp³-hybridized carbons (Fsp3) is 0.667. The molecule has 0 aliphatic carbocycles. The Kier molecular flexibility index (Phi) is 3.40. The first-order chi connectivity index (χ1) is 5.45. The molecule has 9 heteroatoms. The highest BCUT2D eigenvalue weighted by atomic mass is 16.7. The summed E-state index contributed by atoms with van der Waals surface area (Å²) in [4.78, 5) is 27.6. The van der Waals surface area contributed by atoms with Crippen molar-refractivity contribution in [1.82, 2.24) is 5.32 Å². The Balaban J connectivity index is 4.06. The minimum atomic E-state index is -2.04. The molecule has 0 saturated heterocycles. The predicted molar refractivity (Wildman–Crippen MR) is 35.4 cm³/mol. The lowest BCUT2D eigenvalue weighted by Gasteiger charge is -2.01. The first kappa shape index (κ1) is 10.1. The number of carbonyl (C=O) groups is 1. The zero-order valence-corrected chi connectivity index (χ0v) is 5.80. The third-order valence-corrected chi connectivity index (χ3v) is 0.946. The van der Waals surface area contributed by atoms with Crippen molar-refractivity contribution in [3.05, 3.63) is 20.2 Å². The van der Waals surface area contributed by atoms with Crippen molar-refractivity contribution < 1.29 is 14.6 Å². The number of primary amides is 1. The number of nitro groups is 2. The zero-order chi connectivity index (χ0) is 9.72. The van der Waals surface area contributed by atoms with Crippen LogP contribution in [0.1, 0.15) is 0 Å². The lowest BCUT2D eigenvalue weighted by Crippen LogP contribution is -2.43. The Labute approximate surface area is 65.8 Å². The molecule has 0 heterocycles. The van der Waals surface area contributed by atoms with Crippen LogP contribution in [0.4, 0.5) is 4.79 Å². The maximum atomic E-state index is 10.0. The van der Waals surface area contributed by atoms with Crippen LogP contribution in [-0.2, 0) is 0 Å². The summed E-state index contributed by atoms with van der Waals surface area (Å²) in [5, 5.41) is 21.6. The van der Waals surface area contributed by atoms with Gasteiger partial charge in [0.1, 0.15) is 0 Å². The minimum absolute atomic E-state index is 0.713. The number of nitrogens with two attached hydrogens (primary N) is 1. The van der Waals surface area contributed by atoms with Gasteiger partial charge in [-0.2, -0.15) is 0 Å². The van der Waals surface area contributed by atoms with E-state index in [0.29, 0.717) is 0 Å². The van der Waals surface area contributed by atoms with Gasteiger partial charge in [-0.3, -0.25) is 20.2 Å². The van der Waals surface area contributed by atoms with Crippen molar-refractivity contribution in [3.63, 3.8) is 0 Å². The Hall–Kier alpha value is -1.93. The third-order valence-electron chi connectivity index (χ3n) is 0.946. The lowest BCUT2D eigenvalue weighted by atomic mass is 10.5. The molecule has 68 valence electrons. The lowest BCUT2D eigenvalue weighted by molar-refractivity contribution is -0.739. The van der Waals surface area contributed by atoms with Crippen LogP contribution in [0.25, 0.3) is 0 Å². The minimum Gasteiger partial charge on any atom is -0.352 e. The third kappa shape index (κ3) is 3.29. The fourth-order valence-electron chi connectivity index (χ4n) is 0.418. The second-order valence-electron chi connectivity index (χ2n) is 1.80. The first-order valence-corrected chi connectivity index (χ1v) is 2.75. The smallest absolute Gasteiger partial charge is 0.352 e. The first-order valence-electron chi connectivity index (χ1n) is 2.75. The number of nitrogens with zero attached hydrogens (tertiary/aromatic N) is 2. The van der Waals surface area contributed by atoms with E-state index < -0.39 is 28.6 Å². The van der Waals surface area contributed by atoms with E-state index in [2.05, 4.69) is 5.73 Å². The summed E-state index contributed by atoms with van der Waals surface area (Å²) in [7, 11) is 0. The summed E-state index contributed by atoms with van der Waals surface area (Å²) >= 11 is 0. The monoisotopic (exact) mass is 178 g/mol. The normalized spacial score (nSPS) is 9.42. The topological polar surface area (TPSA) is 141 Å². The number of rotatable bonds is 4. The summed E-state index contributed by atoms with van der Waals surface area (Å²) in [5.74, 6) is 0. The molecular formula is C3H6N4O5. The molecule has 0 radical (unpaired) electrons. The molecule has 0 unspecified atom stereocenters. The SMILES string of the molecule is NC(=O)NCC([N+](=O)[O-])[N+](=O)[O-]. The number of amides is 2. The van der Waals surface area contributed by atoms with Gasteiger partial charge in [0.25, 0.3) is 0 Å². The molecule has 2 amide bonds. The Morgan fingerprint density at radius 1 is 1.42 bits per heavy atom. The molecule has 0 aromatic carbocycles. The highest BCUT2D eigenvalue weighted by Crippen LogP contribution is 1.88. The predicted octanol–water partition coefficient (Wildman–Crippen LogP) is -1.47. The summed E-state index contributed by atoms with van der Waals surface area (Å²) in [5.41, 5.74) is 4.55. The zero-order valence-electron chi connectivity index (χ0n) is 5.80. The molecule has 9 nitrogen and oxygen atoms in total. The van der Waals surface area contributed by atoms with Gasteiger partial charge in [-0.05, 0) is 0 Å². The maximum Gasteiger partial charge on any atom is 0.467 e. The molecule has 0 aromatic rings. The number of nitrogens with one attached hydrogen (secondary N) is 1. The van der Waals surface area contributed by atoms with Crippen LogP contribution in [0.15, 0.2) is 0 Å². The van der Waals surface area contributed by atoms with Gasteiger partial charge in [0, 0.05) is 0 Å². The number of carbonyl (C=O) groups excluding carboxylic acids is 1. The van der Waals surface area contributed by atoms with Gasteiger partial charge >= 0.3 is 12.2 Å². The molecule has 3 N–H and O–H groups in total. The molecule has 0 rings (SSSR count). The van der Waals surface area contributed by atoms with Gasteiger partial charge in [-0.15, -0.1) is 0 Å². The fourth-order valence-corrected chi connectivity index (χ4v) is 0.418. The number of urea groups is 1. The van der Waals surface area contributed by atoms with E-state index in [1.54, 1.807) is 5.32 Å². The van der Waals surface area contributed by atoms with Gasteiger partial charge < -0.3 is 11.1 Å². The molecule has 0 atom stereocenters. The van der Waals surface area contributed by atoms with Gasteiger partial charge in [-0.25, -0.2) is 4.79 Å². The largest absolute Gasteiger partial charge is 0.467 e. The van der Waals surface area contributed by atoms with Crippen LogP contribution in [-0.4, -0.2) is 28.6 Å². The van der Waals surface area contributed by atoms with Crippen LogP contribution in [0, 0.1) is 20.2 Å². The highest BCUT2D eigenvalue weighted by Gasteiger charge is 2.31. The van der Waals surface area contributed by atoms with E-state index in [9.17, 15) is 25.0 Å². The highest BCUT2D eigenvalue weighted by molar-refractivity contribution is 5.71. The Morgan fingerprint density at radius 3 is 2.08 bits per heavy atom. The maximum absolute atomic E-state index is 10.0. The Morgan fingerprint density at radius 2 is 1.83 bits per heavy atom. The average molecular weight is 178 g/mol. The van der Waals surface area contributed by atoms with Crippen molar-refractivity contribution in [1.29, 1.82) is 0 Å². The molecule has 0 aliphatic heterocycles. The second kappa shape index (κ2) is 4.05. The van der Waals surface area contributed by atoms with E-state index in [4.69, 9.17) is 0 Å². The average Bonchev–Trinajstić information content (AvgIpc) is 1.84. The molecule has 0 aromatic heterocycles. The number of hydrogen-bond donors (Lipinski definition) is 2. The van der Waals surface area contributed by atoms with Gasteiger partial charge in [-0.1, -0.05) is 0 Å². The van der Waals surface area contributed by atoms with Gasteiger partial charge in [0.05, 0.1) is 9.85 Å². The van der Waals surface area contributed by atoms with Crippen LogP contribution in [0.3, 0.4) is 0 Å². The van der Waals surface area contributed by atoms with E-state index in [1.807, 2.05) is 0 Å². The summed E-state index contributed by atoms with van der Waals surface area (Å²) < 4.78 is 0. The molecule has 0 saturated carbocycles. The second-order valence-corrected chi connectivity index (χ2v) is 1.80. The van der Waals surface area contributed by atoms with Crippen molar-refractivity contribution in [2.45, 2.75) is 6.17 Å². The molecule has 0 bridgehead atoms. The van der Waals surface area contributed by atoms with Crippen molar-refractivity contribution in [3.8, 4) is 0 Å². The van der Waals surface area contributed by atoms with Crippen molar-refractivity contribution in [2.24, 2.45) is 5.73 Å². The summed E-state index contributed by atoms with van der Waals surface area (Å²) in [6, 6.07) is -1.04. The van der Waals surface area contributed by atoms with Gasteiger partial charge in [0.15, 0.2) is 6.54 Å². The molecule has 0 aliphatic rings. The van der Waals surface area contributed by atoms with Gasteiger partial charge in [0.2, 0.25) is 0 Å².